The van der Waals surface area contributed by atoms with Crippen LogP contribution in [0.25, 0.3) is 11.5 Å². The van der Waals surface area contributed by atoms with Gasteiger partial charge in [-0.15, -0.1) is 0 Å². The van der Waals surface area contributed by atoms with Crippen LogP contribution in [0.3, 0.4) is 0 Å². The normalized spacial score (nSPS) is 11.0. The molecule has 0 radical (unpaired) electrons. The second-order valence-corrected chi connectivity index (χ2v) is 5.47. The third kappa shape index (κ3) is 2.33. The van der Waals surface area contributed by atoms with Gasteiger partial charge in [0, 0.05) is 14.1 Å². The quantitative estimate of drug-likeness (QED) is 0.859. The van der Waals surface area contributed by atoms with E-state index in [4.69, 9.17) is 0 Å². The molecule has 0 fully saturated rings. The highest BCUT2D eigenvalue weighted by Crippen LogP contribution is 2.27. The molecule has 6 heteroatoms. The number of aromatic nitrogens is 4. The molecule has 0 saturated heterocycles. The zero-order chi connectivity index (χ0) is 13.3. The van der Waals surface area contributed by atoms with Crippen LogP contribution in [-0.2, 0) is 7.05 Å². The van der Waals surface area contributed by atoms with Crippen LogP contribution >= 0.6 is 22.6 Å². The van der Waals surface area contributed by atoms with Gasteiger partial charge in [-0.05, 0) is 28.5 Å². The average molecular weight is 357 g/mol. The summed E-state index contributed by atoms with van der Waals surface area (Å²) in [6.07, 6.45) is 3.54. The Hall–Kier alpha value is -1.18. The van der Waals surface area contributed by atoms with Crippen molar-refractivity contribution >= 4 is 28.4 Å². The van der Waals surface area contributed by atoms with Crippen LogP contribution < -0.4 is 5.32 Å². The molecule has 2 rings (SSSR count). The standard InChI is InChI=1S/C12H16IN5/c1-7(2)10-9(13)12(14-3)17-11(16-10)8-5-15-6-18(8)4/h5-7H,1-4H3,(H,14,16,17). The van der Waals surface area contributed by atoms with E-state index in [1.807, 2.05) is 18.7 Å². The molecule has 5 nitrogen and oxygen atoms in total. The summed E-state index contributed by atoms with van der Waals surface area (Å²) in [6.45, 7) is 4.27. The summed E-state index contributed by atoms with van der Waals surface area (Å²) in [5.41, 5.74) is 1.98. The number of aryl methyl sites for hydroxylation is 1. The van der Waals surface area contributed by atoms with Gasteiger partial charge in [0.25, 0.3) is 0 Å². The van der Waals surface area contributed by atoms with Crippen LogP contribution in [0.1, 0.15) is 25.5 Å². The Balaban J connectivity index is 2.63. The van der Waals surface area contributed by atoms with Crippen molar-refractivity contribution in [2.24, 2.45) is 7.05 Å². The maximum Gasteiger partial charge on any atom is 0.180 e. The number of nitrogens with one attached hydrogen (secondary N) is 1. The highest BCUT2D eigenvalue weighted by molar-refractivity contribution is 14.1. The van der Waals surface area contributed by atoms with Crippen molar-refractivity contribution in [3.05, 3.63) is 21.8 Å². The fourth-order valence-electron chi connectivity index (χ4n) is 1.70. The first-order valence-corrected chi connectivity index (χ1v) is 6.84. The summed E-state index contributed by atoms with van der Waals surface area (Å²) in [5.74, 6) is 1.94. The van der Waals surface area contributed by atoms with Crippen molar-refractivity contribution < 1.29 is 0 Å². The molecular formula is C12H16IN5. The molecule has 0 aliphatic rings. The lowest BCUT2D eigenvalue weighted by Gasteiger charge is -2.13. The Morgan fingerprint density at radius 3 is 2.56 bits per heavy atom. The molecule has 0 unspecified atom stereocenters. The average Bonchev–Trinajstić information content (AvgIpc) is 2.75. The van der Waals surface area contributed by atoms with Crippen LogP contribution in [0.15, 0.2) is 12.5 Å². The molecule has 2 heterocycles. The van der Waals surface area contributed by atoms with Gasteiger partial charge in [0.15, 0.2) is 5.82 Å². The van der Waals surface area contributed by atoms with Gasteiger partial charge in [0.2, 0.25) is 0 Å². The summed E-state index contributed by atoms with van der Waals surface area (Å²) in [6, 6.07) is 0. The molecule has 0 aliphatic heterocycles. The maximum absolute atomic E-state index is 4.66. The monoisotopic (exact) mass is 357 g/mol. The molecule has 18 heavy (non-hydrogen) atoms. The number of anilines is 1. The van der Waals surface area contributed by atoms with E-state index >= 15 is 0 Å². The zero-order valence-corrected chi connectivity index (χ0v) is 13.1. The van der Waals surface area contributed by atoms with E-state index in [9.17, 15) is 0 Å². The van der Waals surface area contributed by atoms with Crippen molar-refractivity contribution in [1.82, 2.24) is 19.5 Å². The second kappa shape index (κ2) is 5.21. The van der Waals surface area contributed by atoms with Gasteiger partial charge in [0.1, 0.15) is 11.5 Å². The number of hydrogen-bond donors (Lipinski definition) is 1. The van der Waals surface area contributed by atoms with E-state index in [1.54, 1.807) is 12.5 Å². The summed E-state index contributed by atoms with van der Waals surface area (Å²) < 4.78 is 3.00. The second-order valence-electron chi connectivity index (χ2n) is 4.39. The van der Waals surface area contributed by atoms with Crippen LogP contribution in [0, 0.1) is 3.57 Å². The third-order valence-electron chi connectivity index (χ3n) is 2.71. The smallest absolute Gasteiger partial charge is 0.180 e. The summed E-state index contributed by atoms with van der Waals surface area (Å²) in [4.78, 5) is 13.3. The molecule has 96 valence electrons. The van der Waals surface area contributed by atoms with Crippen LogP contribution in [0.4, 0.5) is 5.82 Å². The van der Waals surface area contributed by atoms with Gasteiger partial charge in [-0.3, -0.25) is 0 Å². The number of rotatable bonds is 3. The largest absolute Gasteiger partial charge is 0.372 e. The minimum atomic E-state index is 0.360. The van der Waals surface area contributed by atoms with E-state index in [0.717, 1.165) is 20.8 Å². The molecule has 0 aromatic carbocycles. The van der Waals surface area contributed by atoms with E-state index in [0.29, 0.717) is 11.7 Å². The first kappa shape index (κ1) is 13.3. The number of nitrogens with zero attached hydrogens (tertiary/aromatic N) is 4. The van der Waals surface area contributed by atoms with Crippen LogP contribution in [-0.4, -0.2) is 26.6 Å². The van der Waals surface area contributed by atoms with Gasteiger partial charge in [-0.1, -0.05) is 13.8 Å². The molecule has 2 aromatic rings. The van der Waals surface area contributed by atoms with Gasteiger partial charge in [-0.2, -0.15) is 0 Å². The SMILES string of the molecule is CNc1nc(-c2cncn2C)nc(C(C)C)c1I. The molecule has 2 aromatic heterocycles. The Morgan fingerprint density at radius 1 is 1.33 bits per heavy atom. The Labute approximate surface area is 120 Å². The predicted octanol–water partition coefficient (Wildman–Crippen LogP) is 2.65. The van der Waals surface area contributed by atoms with Crippen molar-refractivity contribution in [3.8, 4) is 11.5 Å². The predicted molar refractivity (Wildman–Crippen MR) is 80.6 cm³/mol. The molecular weight excluding hydrogens is 341 g/mol. The lowest BCUT2D eigenvalue weighted by molar-refractivity contribution is 0.804. The molecule has 0 amide bonds. The number of hydrogen-bond acceptors (Lipinski definition) is 4. The molecule has 1 N–H and O–H groups in total. The molecule has 0 atom stereocenters. The van der Waals surface area contributed by atoms with Crippen molar-refractivity contribution in [2.75, 3.05) is 12.4 Å². The highest BCUT2D eigenvalue weighted by Gasteiger charge is 2.16. The van der Waals surface area contributed by atoms with Crippen LogP contribution in [0.2, 0.25) is 0 Å². The summed E-state index contributed by atoms with van der Waals surface area (Å²) in [7, 11) is 3.82. The molecule has 0 bridgehead atoms. The number of halogens is 1. The summed E-state index contributed by atoms with van der Waals surface area (Å²) in [5, 5.41) is 3.12. The van der Waals surface area contributed by atoms with E-state index in [1.165, 1.54) is 0 Å². The Kier molecular flexibility index (Phi) is 3.84. The lowest BCUT2D eigenvalue weighted by atomic mass is 10.1. The van der Waals surface area contributed by atoms with E-state index in [-0.39, 0.29) is 0 Å². The highest BCUT2D eigenvalue weighted by atomic mass is 127. The maximum atomic E-state index is 4.66. The Bertz CT molecular complexity index is 562. The summed E-state index contributed by atoms with van der Waals surface area (Å²) >= 11 is 2.29. The molecule has 0 aliphatic carbocycles. The van der Waals surface area contributed by atoms with Crippen molar-refractivity contribution in [3.63, 3.8) is 0 Å². The zero-order valence-electron chi connectivity index (χ0n) is 10.9. The lowest BCUT2D eigenvalue weighted by Crippen LogP contribution is -2.07. The molecule has 0 saturated carbocycles. The topological polar surface area (TPSA) is 55.6 Å². The minimum Gasteiger partial charge on any atom is -0.372 e. The van der Waals surface area contributed by atoms with Gasteiger partial charge >= 0.3 is 0 Å². The Morgan fingerprint density at radius 2 is 2.06 bits per heavy atom. The van der Waals surface area contributed by atoms with Gasteiger partial charge in [0.05, 0.1) is 21.8 Å². The third-order valence-corrected chi connectivity index (χ3v) is 3.77. The van der Waals surface area contributed by atoms with Gasteiger partial charge < -0.3 is 9.88 Å². The first-order valence-electron chi connectivity index (χ1n) is 5.76. The first-order chi connectivity index (χ1) is 8.54. The fourth-order valence-corrected chi connectivity index (χ4v) is 2.83. The van der Waals surface area contributed by atoms with Gasteiger partial charge in [-0.25, -0.2) is 15.0 Å². The molecule has 0 spiro atoms. The van der Waals surface area contributed by atoms with Crippen molar-refractivity contribution in [2.45, 2.75) is 19.8 Å². The van der Waals surface area contributed by atoms with E-state index < -0.39 is 0 Å². The minimum absolute atomic E-state index is 0.360. The number of imidazole rings is 1. The van der Waals surface area contributed by atoms with Crippen molar-refractivity contribution in [1.29, 1.82) is 0 Å². The van der Waals surface area contributed by atoms with Crippen LogP contribution in [0.5, 0.6) is 0 Å². The fraction of sp³-hybridized carbons (Fsp3) is 0.417. The van der Waals surface area contributed by atoms with E-state index in [2.05, 4.69) is 56.7 Å².